The van der Waals surface area contributed by atoms with Gasteiger partial charge in [0.2, 0.25) is 0 Å². The SMILES string of the molecule is C#C[C@]1(O)C(n2ccc(=O)[nH]c2=O)O[C@H](COP(=O)(N[C@@H](C)C(=O)OCc2ccccc2)Oc2ccccc2)[C@H]1O. The molecule has 0 radical (unpaired) electrons. The molecule has 1 aliphatic heterocycles. The molecule has 0 spiro atoms. The number of rotatable bonds is 11. The van der Waals surface area contributed by atoms with Crippen LogP contribution in [0, 0.1) is 12.3 Å². The topological polar surface area (TPSA) is 178 Å². The predicted molar refractivity (Wildman–Crippen MR) is 144 cm³/mol. The van der Waals surface area contributed by atoms with Gasteiger partial charge in [-0.3, -0.25) is 23.7 Å². The van der Waals surface area contributed by atoms with Crippen LogP contribution < -0.4 is 20.9 Å². The van der Waals surface area contributed by atoms with E-state index in [4.69, 9.17) is 24.9 Å². The van der Waals surface area contributed by atoms with Crippen LogP contribution in [0.5, 0.6) is 5.75 Å². The molecule has 4 N–H and O–H groups in total. The van der Waals surface area contributed by atoms with Crippen molar-refractivity contribution in [3.63, 3.8) is 0 Å². The molecule has 0 aliphatic carbocycles. The Bertz CT molecular complexity index is 1560. The monoisotopic (exact) mass is 585 g/mol. The van der Waals surface area contributed by atoms with E-state index in [1.165, 1.54) is 19.1 Å². The number of benzene rings is 2. The van der Waals surface area contributed by atoms with E-state index in [2.05, 4.69) is 5.09 Å². The summed E-state index contributed by atoms with van der Waals surface area (Å²) in [6.45, 7) is 0.714. The molecule has 2 unspecified atom stereocenters. The van der Waals surface area contributed by atoms with Crippen molar-refractivity contribution in [3.8, 4) is 18.1 Å². The fourth-order valence-corrected chi connectivity index (χ4v) is 5.48. The molecular weight excluding hydrogens is 557 g/mol. The zero-order chi connectivity index (χ0) is 29.6. The smallest absolute Gasteiger partial charge is 0.459 e. The molecule has 13 nitrogen and oxygen atoms in total. The predicted octanol–water partition coefficient (Wildman–Crippen LogP) is 1.08. The zero-order valence-electron chi connectivity index (χ0n) is 21.8. The Morgan fingerprint density at radius 3 is 2.49 bits per heavy atom. The number of aliphatic hydroxyl groups excluding tert-OH is 1. The normalized spacial score (nSPS) is 24.1. The van der Waals surface area contributed by atoms with Crippen molar-refractivity contribution in [2.24, 2.45) is 0 Å². The van der Waals surface area contributed by atoms with Crippen LogP contribution in [-0.4, -0.2) is 56.2 Å². The van der Waals surface area contributed by atoms with Crippen molar-refractivity contribution in [2.75, 3.05) is 6.61 Å². The number of nitrogens with zero attached hydrogens (tertiary/aromatic N) is 1. The van der Waals surface area contributed by atoms with Gasteiger partial charge >= 0.3 is 19.4 Å². The van der Waals surface area contributed by atoms with Crippen molar-refractivity contribution in [2.45, 2.75) is 43.6 Å². The Labute approximate surface area is 234 Å². The number of nitrogens with one attached hydrogen (secondary N) is 2. The zero-order valence-corrected chi connectivity index (χ0v) is 22.7. The van der Waals surface area contributed by atoms with Crippen molar-refractivity contribution in [3.05, 3.63) is 99.3 Å². The molecule has 1 saturated heterocycles. The number of hydrogen-bond acceptors (Lipinski definition) is 10. The number of ether oxygens (including phenoxy) is 2. The van der Waals surface area contributed by atoms with Crippen molar-refractivity contribution in [1.82, 2.24) is 14.6 Å². The van der Waals surface area contributed by atoms with Gasteiger partial charge in [0.25, 0.3) is 5.56 Å². The van der Waals surface area contributed by atoms with Crippen LogP contribution in [0.25, 0.3) is 0 Å². The van der Waals surface area contributed by atoms with E-state index in [1.807, 2.05) is 17.0 Å². The summed E-state index contributed by atoms with van der Waals surface area (Å²) in [6.07, 6.45) is 1.63. The van der Waals surface area contributed by atoms with Gasteiger partial charge in [-0.05, 0) is 24.6 Å². The Balaban J connectivity index is 1.50. The van der Waals surface area contributed by atoms with E-state index in [-0.39, 0.29) is 12.4 Å². The second-order valence-electron chi connectivity index (χ2n) is 9.10. The number of aromatic nitrogens is 2. The van der Waals surface area contributed by atoms with Gasteiger partial charge in [-0.1, -0.05) is 54.5 Å². The highest BCUT2D eigenvalue weighted by Crippen LogP contribution is 2.46. The van der Waals surface area contributed by atoms with Gasteiger partial charge in [0.05, 0.1) is 6.61 Å². The first-order valence-electron chi connectivity index (χ1n) is 12.4. The van der Waals surface area contributed by atoms with E-state index in [1.54, 1.807) is 42.5 Å². The number of esters is 1. The number of para-hydroxylation sites is 1. The lowest BCUT2D eigenvalue weighted by Gasteiger charge is -2.26. The van der Waals surface area contributed by atoms with Crippen LogP contribution in [-0.2, 0) is 30.0 Å². The highest BCUT2D eigenvalue weighted by atomic mass is 31.2. The molecule has 6 atom stereocenters. The Hall–Kier alpha value is -4.02. The minimum absolute atomic E-state index is 0.0192. The Morgan fingerprint density at radius 1 is 1.20 bits per heavy atom. The first-order valence-corrected chi connectivity index (χ1v) is 13.9. The van der Waals surface area contributed by atoms with E-state index in [9.17, 15) is 29.2 Å². The lowest BCUT2D eigenvalue weighted by atomic mass is 9.95. The molecular formula is C27H28N3O10P. The third-order valence-corrected chi connectivity index (χ3v) is 7.77. The Kier molecular flexibility index (Phi) is 9.25. The second kappa shape index (κ2) is 12.7. The molecule has 0 saturated carbocycles. The average molecular weight is 586 g/mol. The summed E-state index contributed by atoms with van der Waals surface area (Å²) in [6, 6.07) is 16.8. The van der Waals surface area contributed by atoms with Gasteiger partial charge in [0.15, 0.2) is 11.8 Å². The van der Waals surface area contributed by atoms with E-state index < -0.39 is 61.7 Å². The number of H-pyrrole nitrogens is 1. The van der Waals surface area contributed by atoms with Crippen LogP contribution >= 0.6 is 7.75 Å². The van der Waals surface area contributed by atoms with Crippen molar-refractivity contribution in [1.29, 1.82) is 0 Å². The number of hydrogen-bond donors (Lipinski definition) is 4. The number of aromatic amines is 1. The highest BCUT2D eigenvalue weighted by Gasteiger charge is 2.56. The van der Waals surface area contributed by atoms with Crippen molar-refractivity contribution >= 4 is 13.7 Å². The molecule has 1 aliphatic rings. The van der Waals surface area contributed by atoms with Gasteiger partial charge in [-0.15, -0.1) is 6.42 Å². The summed E-state index contributed by atoms with van der Waals surface area (Å²) in [5.41, 5.74) is -3.33. The van der Waals surface area contributed by atoms with Gasteiger partial charge in [-0.2, -0.15) is 5.09 Å². The van der Waals surface area contributed by atoms with Gasteiger partial charge < -0.3 is 24.2 Å². The average Bonchev–Trinajstić information content (AvgIpc) is 3.21. The molecule has 4 rings (SSSR count). The fraction of sp³-hybridized carbons (Fsp3) is 0.296. The molecule has 1 fully saturated rings. The second-order valence-corrected chi connectivity index (χ2v) is 10.8. The van der Waals surface area contributed by atoms with Crippen molar-refractivity contribution < 1.29 is 38.1 Å². The molecule has 1 aromatic heterocycles. The minimum atomic E-state index is -4.38. The standard InChI is InChI=1S/C27H28N3O10P/c1-3-27(35)23(32)21(39-25(27)30-15-14-22(31)28-26(30)34)17-38-41(36,40-20-12-8-5-9-13-20)29-18(2)24(33)37-16-19-10-6-4-7-11-19/h1,4-15,18,21,23,25,32,35H,16-17H2,2H3,(H,29,36)(H,28,31,34)/t18-,21+,23+,25?,27+,41?/m0/s1. The van der Waals surface area contributed by atoms with Crippen LogP contribution in [0.4, 0.5) is 0 Å². The quantitative estimate of drug-likeness (QED) is 0.144. The number of aliphatic hydroxyl groups is 2. The summed E-state index contributed by atoms with van der Waals surface area (Å²) in [5.74, 6) is 1.41. The first-order chi connectivity index (χ1) is 19.5. The summed E-state index contributed by atoms with van der Waals surface area (Å²) in [7, 11) is -4.38. The molecule has 41 heavy (non-hydrogen) atoms. The van der Waals surface area contributed by atoms with E-state index >= 15 is 0 Å². The molecule has 2 aromatic carbocycles. The third kappa shape index (κ3) is 7.01. The van der Waals surface area contributed by atoms with Gasteiger partial charge in [-0.25, -0.2) is 9.36 Å². The highest BCUT2D eigenvalue weighted by molar-refractivity contribution is 7.52. The molecule has 14 heteroatoms. The third-order valence-electron chi connectivity index (χ3n) is 6.13. The summed E-state index contributed by atoms with van der Waals surface area (Å²) >= 11 is 0. The maximum atomic E-state index is 13.8. The fourth-order valence-electron chi connectivity index (χ4n) is 3.98. The lowest BCUT2D eigenvalue weighted by molar-refractivity contribution is -0.146. The van der Waals surface area contributed by atoms with Gasteiger partial charge in [0.1, 0.15) is 30.6 Å². The van der Waals surface area contributed by atoms with E-state index in [0.29, 0.717) is 0 Å². The summed E-state index contributed by atoms with van der Waals surface area (Å²) in [5, 5.41) is 24.3. The Morgan fingerprint density at radius 2 is 1.85 bits per heavy atom. The molecule has 0 bridgehead atoms. The molecule has 3 aromatic rings. The molecule has 0 amide bonds. The number of carbonyl (C=O) groups is 1. The molecule has 216 valence electrons. The summed E-state index contributed by atoms with van der Waals surface area (Å²) in [4.78, 5) is 38.4. The van der Waals surface area contributed by atoms with Crippen LogP contribution in [0.1, 0.15) is 18.7 Å². The largest absolute Gasteiger partial charge is 0.460 e. The maximum Gasteiger partial charge on any atom is 0.459 e. The summed E-state index contributed by atoms with van der Waals surface area (Å²) < 4.78 is 36.7. The number of terminal acetylenes is 1. The van der Waals surface area contributed by atoms with Crippen LogP contribution in [0.15, 0.2) is 82.5 Å². The van der Waals surface area contributed by atoms with Crippen LogP contribution in [0.2, 0.25) is 0 Å². The lowest BCUT2D eigenvalue weighted by Crippen LogP contribution is -2.48. The minimum Gasteiger partial charge on any atom is -0.460 e. The van der Waals surface area contributed by atoms with Gasteiger partial charge in [0, 0.05) is 12.3 Å². The van der Waals surface area contributed by atoms with Crippen LogP contribution in [0.3, 0.4) is 0 Å². The van der Waals surface area contributed by atoms with E-state index in [0.717, 1.165) is 22.4 Å². The molecule has 2 heterocycles. The maximum absolute atomic E-state index is 13.8. The first kappa shape index (κ1) is 30.0. The number of carbonyl (C=O) groups excluding carboxylic acids is 1.